The molecule has 1 amide bonds. The molecule has 0 bridgehead atoms. The molecule has 7 nitrogen and oxygen atoms in total. The zero-order valence-corrected chi connectivity index (χ0v) is 21.2. The monoisotopic (exact) mass is 468 g/mol. The van der Waals surface area contributed by atoms with Crippen LogP contribution in [0.4, 0.5) is 0 Å². The summed E-state index contributed by atoms with van der Waals surface area (Å²) in [6.07, 6.45) is 1.81. The van der Waals surface area contributed by atoms with E-state index in [1.165, 1.54) is 21.6 Å². The van der Waals surface area contributed by atoms with Crippen LogP contribution in [0, 0.1) is 20.8 Å². The van der Waals surface area contributed by atoms with Crippen molar-refractivity contribution in [2.24, 2.45) is 7.05 Å². The van der Waals surface area contributed by atoms with Gasteiger partial charge in [-0.15, -0.1) is 11.3 Å². The van der Waals surface area contributed by atoms with Gasteiger partial charge in [0.05, 0.1) is 23.1 Å². The second kappa shape index (κ2) is 10.3. The smallest absolute Gasteiger partial charge is 0.277 e. The first kappa shape index (κ1) is 24.6. The van der Waals surface area contributed by atoms with Gasteiger partial charge in [0.15, 0.2) is 0 Å². The summed E-state index contributed by atoms with van der Waals surface area (Å²) < 4.78 is 7.00. The molecule has 176 valence electrons. The molecule has 0 radical (unpaired) electrons. The molecular formula is C25H32N4O3S. The second-order valence-corrected chi connectivity index (χ2v) is 9.67. The number of carbonyl (C=O) groups excluding carboxylic acids is 1. The fourth-order valence-corrected chi connectivity index (χ4v) is 4.63. The van der Waals surface area contributed by atoms with Gasteiger partial charge < -0.3 is 10.1 Å². The Morgan fingerprint density at radius 3 is 2.42 bits per heavy atom. The quantitative estimate of drug-likeness (QED) is 0.531. The lowest BCUT2D eigenvalue weighted by Gasteiger charge is -2.14. The number of thiazole rings is 1. The van der Waals surface area contributed by atoms with Gasteiger partial charge in [-0.2, -0.15) is 5.10 Å². The summed E-state index contributed by atoms with van der Waals surface area (Å²) in [6.45, 7) is 11.5. The maximum absolute atomic E-state index is 12.9. The molecule has 0 saturated heterocycles. The van der Waals surface area contributed by atoms with E-state index < -0.39 is 0 Å². The van der Waals surface area contributed by atoms with Gasteiger partial charge in [-0.05, 0) is 77.6 Å². The highest BCUT2D eigenvalue weighted by Gasteiger charge is 2.21. The lowest BCUT2D eigenvalue weighted by atomic mass is 10.1. The minimum Gasteiger partial charge on any atom is -0.491 e. The molecular weight excluding hydrogens is 436 g/mol. The van der Waals surface area contributed by atoms with E-state index in [-0.39, 0.29) is 23.6 Å². The average molecular weight is 469 g/mol. The van der Waals surface area contributed by atoms with Crippen LogP contribution < -0.4 is 15.6 Å². The minimum absolute atomic E-state index is 0.00758. The van der Waals surface area contributed by atoms with Crippen molar-refractivity contribution in [3.63, 3.8) is 0 Å². The molecule has 33 heavy (non-hydrogen) atoms. The van der Waals surface area contributed by atoms with Crippen LogP contribution >= 0.6 is 11.3 Å². The Kier molecular flexibility index (Phi) is 7.68. The third-order valence-corrected chi connectivity index (χ3v) is 6.65. The van der Waals surface area contributed by atoms with E-state index in [0.29, 0.717) is 21.1 Å². The van der Waals surface area contributed by atoms with Gasteiger partial charge in [0, 0.05) is 13.1 Å². The first-order valence-corrected chi connectivity index (χ1v) is 12.0. The zero-order valence-electron chi connectivity index (χ0n) is 20.4. The van der Waals surface area contributed by atoms with Gasteiger partial charge >= 0.3 is 0 Å². The normalized spacial score (nSPS) is 12.1. The summed E-state index contributed by atoms with van der Waals surface area (Å²) in [5, 5.41) is 7.85. The Labute approximate surface area is 198 Å². The van der Waals surface area contributed by atoms with Crippen molar-refractivity contribution in [1.29, 1.82) is 0 Å². The van der Waals surface area contributed by atoms with E-state index >= 15 is 0 Å². The molecule has 1 unspecified atom stereocenters. The van der Waals surface area contributed by atoms with Crippen molar-refractivity contribution < 1.29 is 9.53 Å². The van der Waals surface area contributed by atoms with E-state index in [1.54, 1.807) is 14.0 Å². The number of nitrogens with one attached hydrogen (secondary N) is 1. The summed E-state index contributed by atoms with van der Waals surface area (Å²) in [7, 11) is 1.62. The number of amides is 1. The minimum atomic E-state index is -0.211. The van der Waals surface area contributed by atoms with Crippen LogP contribution in [0.1, 0.15) is 59.4 Å². The molecule has 1 aromatic carbocycles. The Morgan fingerprint density at radius 1 is 1.12 bits per heavy atom. The van der Waals surface area contributed by atoms with Crippen LogP contribution in [0.15, 0.2) is 29.1 Å². The SMILES string of the molecule is Cc1nc(-c2c(C)c(C)nn(C)c2=O)sc1C(=O)NC(C)CCc1ccc(OC(C)C)cc1. The molecule has 0 aliphatic heterocycles. The number of hydrogen-bond acceptors (Lipinski definition) is 6. The topological polar surface area (TPSA) is 86.1 Å². The van der Waals surface area contributed by atoms with E-state index in [4.69, 9.17) is 4.74 Å². The molecule has 0 spiro atoms. The average Bonchev–Trinajstić information content (AvgIpc) is 3.13. The first-order chi connectivity index (χ1) is 15.6. The predicted molar refractivity (Wildman–Crippen MR) is 132 cm³/mol. The molecule has 1 N–H and O–H groups in total. The molecule has 2 aromatic heterocycles. The van der Waals surface area contributed by atoms with Gasteiger partial charge in [0.25, 0.3) is 11.5 Å². The fraction of sp³-hybridized carbons (Fsp3) is 0.440. The molecule has 0 aliphatic carbocycles. The van der Waals surface area contributed by atoms with E-state index in [2.05, 4.69) is 27.5 Å². The number of carbonyl (C=O) groups is 1. The van der Waals surface area contributed by atoms with Crippen LogP contribution in [0.5, 0.6) is 5.75 Å². The van der Waals surface area contributed by atoms with Crippen molar-refractivity contribution >= 4 is 17.2 Å². The van der Waals surface area contributed by atoms with E-state index in [0.717, 1.165) is 29.8 Å². The third kappa shape index (κ3) is 5.87. The number of nitrogens with zero attached hydrogens (tertiary/aromatic N) is 3. The summed E-state index contributed by atoms with van der Waals surface area (Å²) in [5.41, 5.74) is 3.67. The van der Waals surface area contributed by atoms with Crippen LogP contribution in [0.25, 0.3) is 10.6 Å². The van der Waals surface area contributed by atoms with Crippen LogP contribution in [-0.2, 0) is 13.5 Å². The second-order valence-electron chi connectivity index (χ2n) is 8.67. The van der Waals surface area contributed by atoms with Gasteiger partial charge in [0.1, 0.15) is 15.6 Å². The summed E-state index contributed by atoms with van der Waals surface area (Å²) >= 11 is 1.25. The maximum atomic E-state index is 12.9. The number of aromatic nitrogens is 3. The maximum Gasteiger partial charge on any atom is 0.277 e. The standard InChI is InChI=1S/C25H32N4O3S/c1-14(2)32-20-12-10-19(11-13-20)9-8-15(3)26-23(30)22-18(6)27-24(33-22)21-16(4)17(5)28-29(7)25(21)31/h10-15H,8-9H2,1-7H3,(H,26,30). The van der Waals surface area contributed by atoms with E-state index in [9.17, 15) is 9.59 Å². The molecule has 0 saturated carbocycles. The molecule has 0 aliphatic rings. The zero-order chi connectivity index (χ0) is 24.3. The fourth-order valence-electron chi connectivity index (χ4n) is 3.57. The lowest BCUT2D eigenvalue weighted by Crippen LogP contribution is -2.32. The number of hydrogen-bond donors (Lipinski definition) is 1. The van der Waals surface area contributed by atoms with Crippen LogP contribution in [0.2, 0.25) is 0 Å². The molecule has 0 fully saturated rings. The van der Waals surface area contributed by atoms with E-state index in [1.807, 2.05) is 46.8 Å². The van der Waals surface area contributed by atoms with Gasteiger partial charge in [-0.1, -0.05) is 12.1 Å². The van der Waals surface area contributed by atoms with Crippen molar-refractivity contribution in [2.45, 2.75) is 66.5 Å². The summed E-state index contributed by atoms with van der Waals surface area (Å²) in [4.78, 5) is 30.7. The van der Waals surface area contributed by atoms with Crippen molar-refractivity contribution in [3.8, 4) is 16.3 Å². The molecule has 1 atom stereocenters. The Bertz CT molecular complexity index is 1200. The molecule has 3 rings (SSSR count). The highest BCUT2D eigenvalue weighted by atomic mass is 32.1. The highest BCUT2D eigenvalue weighted by Crippen LogP contribution is 2.28. The van der Waals surface area contributed by atoms with Crippen LogP contribution in [-0.4, -0.2) is 32.8 Å². The molecule has 8 heteroatoms. The van der Waals surface area contributed by atoms with Crippen molar-refractivity contribution in [3.05, 3.63) is 62.0 Å². The van der Waals surface area contributed by atoms with Gasteiger partial charge in [0.2, 0.25) is 0 Å². The van der Waals surface area contributed by atoms with Crippen molar-refractivity contribution in [1.82, 2.24) is 20.1 Å². The van der Waals surface area contributed by atoms with Crippen molar-refractivity contribution in [2.75, 3.05) is 0 Å². The summed E-state index contributed by atoms with van der Waals surface area (Å²) in [5.74, 6) is 0.700. The van der Waals surface area contributed by atoms with Crippen LogP contribution in [0.3, 0.4) is 0 Å². The largest absolute Gasteiger partial charge is 0.491 e. The number of rotatable bonds is 8. The number of benzene rings is 1. The predicted octanol–water partition coefficient (Wildman–Crippen LogP) is 4.37. The lowest BCUT2D eigenvalue weighted by molar-refractivity contribution is 0.0941. The molecule has 3 aromatic rings. The summed E-state index contributed by atoms with van der Waals surface area (Å²) in [6, 6.07) is 8.07. The van der Waals surface area contributed by atoms with Gasteiger partial charge in [-0.25, -0.2) is 9.67 Å². The number of aryl methyl sites for hydroxylation is 4. The Hall–Kier alpha value is -3.00. The Balaban J connectivity index is 1.67. The molecule has 2 heterocycles. The first-order valence-electron chi connectivity index (χ1n) is 11.2. The number of ether oxygens (including phenoxy) is 1. The third-order valence-electron chi connectivity index (χ3n) is 5.48. The Morgan fingerprint density at radius 2 is 1.79 bits per heavy atom. The highest BCUT2D eigenvalue weighted by molar-refractivity contribution is 7.17. The van der Waals surface area contributed by atoms with Gasteiger partial charge in [-0.3, -0.25) is 9.59 Å².